The summed E-state index contributed by atoms with van der Waals surface area (Å²) in [6, 6.07) is 1.83. The van der Waals surface area contributed by atoms with Crippen LogP contribution in [0.2, 0.25) is 0 Å². The molecule has 0 aliphatic heterocycles. The minimum absolute atomic E-state index is 0.138. The molecule has 1 aliphatic carbocycles. The highest BCUT2D eigenvalue weighted by Gasteiger charge is 2.21. The summed E-state index contributed by atoms with van der Waals surface area (Å²) in [6.45, 7) is 2.32. The van der Waals surface area contributed by atoms with E-state index in [2.05, 4.69) is 11.9 Å². The van der Waals surface area contributed by atoms with Crippen molar-refractivity contribution >= 4 is 17.6 Å². The maximum Gasteiger partial charge on any atom is 0.124 e. The number of hydrogen-bond donors (Lipinski definition) is 2. The van der Waals surface area contributed by atoms with Crippen molar-refractivity contribution in [3.05, 3.63) is 24.0 Å². The lowest BCUT2D eigenvalue weighted by Gasteiger charge is -2.26. The van der Waals surface area contributed by atoms with Crippen LogP contribution in [-0.4, -0.2) is 16.1 Å². The maximum atomic E-state index is 7.57. The van der Waals surface area contributed by atoms with Gasteiger partial charge in [-0.3, -0.25) is 10.4 Å². The van der Waals surface area contributed by atoms with Crippen LogP contribution in [0, 0.1) is 11.3 Å². The van der Waals surface area contributed by atoms with Crippen LogP contribution in [0.25, 0.3) is 0 Å². The molecule has 0 spiro atoms. The highest BCUT2D eigenvalue weighted by atomic mass is 32.2. The number of nitrogens with one attached hydrogen (secondary N) is 1. The third-order valence-corrected chi connectivity index (χ3v) is 4.60. The Balaban J connectivity index is 2.10. The largest absolute Gasteiger partial charge is 0.384 e. The molecule has 0 amide bonds. The first-order valence-electron chi connectivity index (χ1n) is 6.12. The summed E-state index contributed by atoms with van der Waals surface area (Å²) in [4.78, 5) is 5.19. The summed E-state index contributed by atoms with van der Waals surface area (Å²) >= 11 is 1.84. The molecule has 2 atom stereocenters. The Morgan fingerprint density at radius 1 is 1.53 bits per heavy atom. The Kier molecular flexibility index (Phi) is 4.05. The average Bonchev–Trinajstić information content (AvgIpc) is 2.29. The smallest absolute Gasteiger partial charge is 0.124 e. The number of rotatable bonds is 3. The topological polar surface area (TPSA) is 62.8 Å². The van der Waals surface area contributed by atoms with Crippen molar-refractivity contribution in [2.24, 2.45) is 11.7 Å². The molecule has 0 saturated heterocycles. The van der Waals surface area contributed by atoms with Crippen LogP contribution in [0.15, 0.2) is 23.4 Å². The van der Waals surface area contributed by atoms with Crippen molar-refractivity contribution in [2.45, 2.75) is 42.8 Å². The summed E-state index contributed by atoms with van der Waals surface area (Å²) in [5.41, 5.74) is 6.41. The van der Waals surface area contributed by atoms with E-state index < -0.39 is 0 Å². The van der Waals surface area contributed by atoms with Crippen LogP contribution in [0.1, 0.15) is 38.2 Å². The van der Waals surface area contributed by atoms with Crippen molar-refractivity contribution in [1.29, 1.82) is 5.41 Å². The van der Waals surface area contributed by atoms with E-state index in [0.717, 1.165) is 16.4 Å². The van der Waals surface area contributed by atoms with Gasteiger partial charge in [0, 0.05) is 28.1 Å². The normalized spacial score (nSPS) is 24.5. The van der Waals surface area contributed by atoms with Gasteiger partial charge in [-0.15, -0.1) is 11.8 Å². The lowest BCUT2D eigenvalue weighted by Crippen LogP contribution is -2.17. The third kappa shape index (κ3) is 3.22. The lowest BCUT2D eigenvalue weighted by molar-refractivity contribution is 0.394. The molecular weight excluding hydrogens is 230 g/mol. The Bertz CT molecular complexity index is 405. The first-order valence-corrected chi connectivity index (χ1v) is 7.00. The van der Waals surface area contributed by atoms with Crippen LogP contribution in [0.4, 0.5) is 0 Å². The molecule has 1 heterocycles. The number of thioether (sulfide) groups is 1. The van der Waals surface area contributed by atoms with E-state index in [0.29, 0.717) is 5.25 Å². The zero-order chi connectivity index (χ0) is 12.3. The molecule has 2 rings (SSSR count). The molecule has 17 heavy (non-hydrogen) atoms. The van der Waals surface area contributed by atoms with Crippen LogP contribution in [0.5, 0.6) is 0 Å². The quantitative estimate of drug-likeness (QED) is 0.639. The number of pyridine rings is 1. The molecule has 0 bridgehead atoms. The lowest BCUT2D eigenvalue weighted by atomic mass is 9.91. The predicted molar refractivity (Wildman–Crippen MR) is 72.5 cm³/mol. The van der Waals surface area contributed by atoms with E-state index in [1.54, 1.807) is 6.20 Å². The van der Waals surface area contributed by atoms with Crippen molar-refractivity contribution in [3.63, 3.8) is 0 Å². The molecular formula is C13H19N3S. The summed E-state index contributed by atoms with van der Waals surface area (Å²) < 4.78 is 0. The Labute approximate surface area is 107 Å². The molecule has 3 nitrogen and oxygen atoms in total. The van der Waals surface area contributed by atoms with Gasteiger partial charge >= 0.3 is 0 Å². The van der Waals surface area contributed by atoms with Gasteiger partial charge in [-0.25, -0.2) is 0 Å². The standard InChI is InChI=1S/C13H19N3S/c1-9-3-2-4-10(7-9)17-12-8-16-6-5-11(12)13(14)15/h5-6,8-10H,2-4,7H2,1H3,(H3,14,15). The molecule has 0 radical (unpaired) electrons. The van der Waals surface area contributed by atoms with Gasteiger partial charge in [0.2, 0.25) is 0 Å². The van der Waals surface area contributed by atoms with Crippen molar-refractivity contribution in [3.8, 4) is 0 Å². The van der Waals surface area contributed by atoms with Gasteiger partial charge < -0.3 is 5.73 Å². The molecule has 3 N–H and O–H groups in total. The molecule has 2 unspecified atom stereocenters. The van der Waals surface area contributed by atoms with E-state index in [9.17, 15) is 0 Å². The Morgan fingerprint density at radius 3 is 3.06 bits per heavy atom. The van der Waals surface area contributed by atoms with E-state index in [1.807, 2.05) is 24.0 Å². The molecule has 1 saturated carbocycles. The zero-order valence-electron chi connectivity index (χ0n) is 10.1. The predicted octanol–water partition coefficient (Wildman–Crippen LogP) is 3.04. The SMILES string of the molecule is CC1CCCC(Sc2cnccc2C(=N)N)C1. The second kappa shape index (κ2) is 5.54. The fourth-order valence-electron chi connectivity index (χ4n) is 2.36. The highest BCUT2D eigenvalue weighted by molar-refractivity contribution is 8.00. The minimum atomic E-state index is 0.138. The van der Waals surface area contributed by atoms with Gasteiger partial charge in [-0.05, 0) is 24.8 Å². The molecule has 1 aromatic rings. The van der Waals surface area contributed by atoms with E-state index in [1.165, 1.54) is 25.7 Å². The molecule has 1 aromatic heterocycles. The van der Waals surface area contributed by atoms with Gasteiger partial charge in [-0.1, -0.05) is 19.8 Å². The average molecular weight is 249 g/mol. The first-order chi connectivity index (χ1) is 8.16. The molecule has 0 aromatic carbocycles. The first kappa shape index (κ1) is 12.4. The monoisotopic (exact) mass is 249 g/mol. The van der Waals surface area contributed by atoms with Gasteiger partial charge in [-0.2, -0.15) is 0 Å². The van der Waals surface area contributed by atoms with E-state index >= 15 is 0 Å². The van der Waals surface area contributed by atoms with Gasteiger partial charge in [0.1, 0.15) is 5.84 Å². The maximum absolute atomic E-state index is 7.57. The summed E-state index contributed by atoms with van der Waals surface area (Å²) in [5.74, 6) is 0.956. The number of nitrogens with two attached hydrogens (primary N) is 1. The second-order valence-electron chi connectivity index (χ2n) is 4.80. The second-order valence-corrected chi connectivity index (χ2v) is 6.14. The fraction of sp³-hybridized carbons (Fsp3) is 0.538. The van der Waals surface area contributed by atoms with Crippen molar-refractivity contribution in [1.82, 2.24) is 4.98 Å². The molecule has 4 heteroatoms. The summed E-state index contributed by atoms with van der Waals surface area (Å²) in [7, 11) is 0. The van der Waals surface area contributed by atoms with Gasteiger partial charge in [0.25, 0.3) is 0 Å². The summed E-state index contributed by atoms with van der Waals surface area (Å²) in [5, 5.41) is 8.22. The number of nitrogen functional groups attached to an aromatic ring is 1. The fourth-order valence-corrected chi connectivity index (χ4v) is 3.86. The summed E-state index contributed by atoms with van der Waals surface area (Å²) in [6.07, 6.45) is 8.72. The van der Waals surface area contributed by atoms with Crippen LogP contribution >= 0.6 is 11.8 Å². The molecule has 92 valence electrons. The zero-order valence-corrected chi connectivity index (χ0v) is 11.0. The van der Waals surface area contributed by atoms with E-state index in [4.69, 9.17) is 11.1 Å². The van der Waals surface area contributed by atoms with E-state index in [-0.39, 0.29) is 5.84 Å². The number of hydrogen-bond acceptors (Lipinski definition) is 3. The number of aromatic nitrogens is 1. The third-order valence-electron chi connectivity index (χ3n) is 3.26. The minimum Gasteiger partial charge on any atom is -0.384 e. The Morgan fingerprint density at radius 2 is 2.35 bits per heavy atom. The van der Waals surface area contributed by atoms with Gasteiger partial charge in [0.15, 0.2) is 0 Å². The van der Waals surface area contributed by atoms with Crippen LogP contribution < -0.4 is 5.73 Å². The highest BCUT2D eigenvalue weighted by Crippen LogP contribution is 2.36. The van der Waals surface area contributed by atoms with Gasteiger partial charge in [0.05, 0.1) is 0 Å². The van der Waals surface area contributed by atoms with Crippen molar-refractivity contribution < 1.29 is 0 Å². The van der Waals surface area contributed by atoms with Crippen LogP contribution in [-0.2, 0) is 0 Å². The Hall–Kier alpha value is -1.03. The number of amidine groups is 1. The number of nitrogens with zero attached hydrogens (tertiary/aromatic N) is 1. The molecule has 1 aliphatic rings. The van der Waals surface area contributed by atoms with Crippen molar-refractivity contribution in [2.75, 3.05) is 0 Å². The van der Waals surface area contributed by atoms with Crippen LogP contribution in [0.3, 0.4) is 0 Å². The molecule has 1 fully saturated rings.